The van der Waals surface area contributed by atoms with E-state index < -0.39 is 29.4 Å². The van der Waals surface area contributed by atoms with Gasteiger partial charge >= 0.3 is 6.18 Å². The Bertz CT molecular complexity index is 1080. The molecule has 0 aliphatic rings. The second-order valence-electron chi connectivity index (χ2n) is 6.92. The summed E-state index contributed by atoms with van der Waals surface area (Å²) in [6.45, 7) is -0.354. The van der Waals surface area contributed by atoms with Crippen LogP contribution in [0.5, 0.6) is 11.5 Å². The van der Waals surface area contributed by atoms with Gasteiger partial charge in [-0.25, -0.2) is 8.78 Å². The third kappa shape index (κ3) is 6.59. The predicted octanol–water partition coefficient (Wildman–Crippen LogP) is 4.73. The van der Waals surface area contributed by atoms with Gasteiger partial charge in [-0.2, -0.15) is 13.2 Å². The van der Waals surface area contributed by atoms with Crippen LogP contribution < -0.4 is 15.2 Å². The summed E-state index contributed by atoms with van der Waals surface area (Å²) >= 11 is 0.991. The molecule has 0 fully saturated rings. The smallest absolute Gasteiger partial charge is 0.419 e. The Morgan fingerprint density at radius 1 is 0.970 bits per heavy atom. The lowest BCUT2D eigenvalue weighted by Gasteiger charge is -2.15. The Kier molecular flexibility index (Phi) is 8.16. The maximum absolute atomic E-state index is 13.6. The molecule has 1 atom stereocenters. The molecule has 3 N–H and O–H groups in total. The van der Waals surface area contributed by atoms with Crippen molar-refractivity contribution in [1.29, 1.82) is 0 Å². The van der Waals surface area contributed by atoms with Gasteiger partial charge in [0.05, 0.1) is 31.4 Å². The summed E-state index contributed by atoms with van der Waals surface area (Å²) in [5, 5.41) is 17.3. The summed E-state index contributed by atoms with van der Waals surface area (Å²) in [4.78, 5) is 0. The lowest BCUT2D eigenvalue weighted by atomic mass is 10.1. The highest BCUT2D eigenvalue weighted by Crippen LogP contribution is 2.39. The lowest BCUT2D eigenvalue weighted by molar-refractivity contribution is -0.138. The molecule has 0 aliphatic heterocycles. The van der Waals surface area contributed by atoms with Crippen molar-refractivity contribution in [2.24, 2.45) is 5.73 Å². The number of aliphatic hydroxyl groups excluding tert-OH is 1. The third-order valence-corrected chi connectivity index (χ3v) is 5.54. The van der Waals surface area contributed by atoms with Gasteiger partial charge in [-0.3, -0.25) is 0 Å². The fourth-order valence-corrected chi connectivity index (χ4v) is 3.58. The van der Waals surface area contributed by atoms with Crippen molar-refractivity contribution in [2.45, 2.75) is 25.1 Å². The summed E-state index contributed by atoms with van der Waals surface area (Å²) in [6.07, 6.45) is -3.98. The Morgan fingerprint density at radius 2 is 1.67 bits per heavy atom. The van der Waals surface area contributed by atoms with Crippen molar-refractivity contribution in [2.75, 3.05) is 19.8 Å². The van der Waals surface area contributed by atoms with E-state index in [0.29, 0.717) is 17.8 Å². The summed E-state index contributed by atoms with van der Waals surface area (Å²) in [5.41, 5.74) is 4.88. The first kappa shape index (κ1) is 24.8. The molecule has 12 heteroatoms. The number of nitrogens with two attached hydrogens (primary N) is 1. The van der Waals surface area contributed by atoms with E-state index in [1.54, 1.807) is 0 Å². The van der Waals surface area contributed by atoms with Gasteiger partial charge in [0.1, 0.15) is 21.6 Å². The molecule has 0 aliphatic carbocycles. The van der Waals surface area contributed by atoms with E-state index >= 15 is 0 Å². The molecule has 0 bridgehead atoms. The molecule has 0 saturated carbocycles. The summed E-state index contributed by atoms with van der Waals surface area (Å²) < 4.78 is 77.8. The molecule has 1 unspecified atom stereocenters. The second-order valence-corrected chi connectivity index (χ2v) is 7.93. The molecule has 2 aromatic carbocycles. The Morgan fingerprint density at radius 3 is 2.33 bits per heavy atom. The Labute approximate surface area is 189 Å². The van der Waals surface area contributed by atoms with Crippen LogP contribution in [0, 0.1) is 11.6 Å². The highest BCUT2D eigenvalue weighted by atomic mass is 32.1. The highest BCUT2D eigenvalue weighted by molar-refractivity contribution is 7.14. The van der Waals surface area contributed by atoms with Crippen LogP contribution in [0.1, 0.15) is 29.5 Å². The molecule has 0 amide bonds. The fraction of sp³-hybridized carbons (Fsp3) is 0.333. The minimum atomic E-state index is -4.67. The Hall–Kier alpha value is -2.83. The number of rotatable bonds is 10. The number of aliphatic hydroxyl groups is 1. The number of nitrogens with zero attached hydrogens (tertiary/aromatic N) is 2. The SMILES string of the molecule is NC(CO)c1nnc(-c2ccc(OCCCCOc3cc(F)ccc3F)c(C(F)(F)F)c2)s1. The number of benzene rings is 2. The minimum absolute atomic E-state index is 0.0360. The van der Waals surface area contributed by atoms with Crippen molar-refractivity contribution in [3.05, 3.63) is 58.6 Å². The third-order valence-electron chi connectivity index (χ3n) is 4.43. The molecule has 0 saturated heterocycles. The van der Waals surface area contributed by atoms with Crippen LogP contribution in [0.3, 0.4) is 0 Å². The number of hydrogen-bond donors (Lipinski definition) is 2. The van der Waals surface area contributed by atoms with Gasteiger partial charge in [-0.15, -0.1) is 10.2 Å². The van der Waals surface area contributed by atoms with Gasteiger partial charge in [0.2, 0.25) is 0 Å². The van der Waals surface area contributed by atoms with Crippen LogP contribution in [0.25, 0.3) is 10.6 Å². The number of hydrogen-bond acceptors (Lipinski definition) is 7. The van der Waals surface area contributed by atoms with Gasteiger partial charge in [0, 0.05) is 11.6 Å². The van der Waals surface area contributed by atoms with Crippen LogP contribution in [-0.2, 0) is 6.18 Å². The zero-order chi connectivity index (χ0) is 24.0. The topological polar surface area (TPSA) is 90.5 Å². The van der Waals surface area contributed by atoms with Crippen molar-refractivity contribution in [1.82, 2.24) is 10.2 Å². The zero-order valence-corrected chi connectivity index (χ0v) is 17.9. The molecule has 1 aromatic heterocycles. The summed E-state index contributed by atoms with van der Waals surface area (Å²) in [5.74, 6) is -1.92. The predicted molar refractivity (Wildman–Crippen MR) is 111 cm³/mol. The summed E-state index contributed by atoms with van der Waals surface area (Å²) in [6, 6.07) is 5.61. The maximum atomic E-state index is 13.6. The largest absolute Gasteiger partial charge is 0.493 e. The lowest BCUT2D eigenvalue weighted by Crippen LogP contribution is -2.13. The van der Waals surface area contributed by atoms with Crippen molar-refractivity contribution in [3.63, 3.8) is 0 Å². The molecular formula is C21H20F5N3O3S. The average Bonchev–Trinajstić information content (AvgIpc) is 3.27. The molecule has 0 radical (unpaired) electrons. The molecular weight excluding hydrogens is 469 g/mol. The molecule has 3 rings (SSSR count). The fourth-order valence-electron chi connectivity index (χ4n) is 2.75. The molecule has 6 nitrogen and oxygen atoms in total. The van der Waals surface area contributed by atoms with Gasteiger partial charge in [0.15, 0.2) is 11.6 Å². The van der Waals surface area contributed by atoms with E-state index in [4.69, 9.17) is 20.3 Å². The number of ether oxygens (including phenoxy) is 2. The standard InChI is InChI=1S/C21H20F5N3O3S/c22-13-4-5-15(23)18(10-13)32-8-2-1-7-31-17-6-3-12(9-14(17)21(24,25)26)19-28-29-20(33-19)16(27)11-30/h3-6,9-10,16,30H,1-2,7-8,11,27H2. The zero-order valence-electron chi connectivity index (χ0n) is 17.1. The molecule has 1 heterocycles. The van der Waals surface area contributed by atoms with E-state index in [1.807, 2.05) is 0 Å². The number of aromatic nitrogens is 2. The van der Waals surface area contributed by atoms with Gasteiger partial charge in [0.25, 0.3) is 0 Å². The average molecular weight is 489 g/mol. The minimum Gasteiger partial charge on any atom is -0.493 e. The molecule has 3 aromatic rings. The second kappa shape index (κ2) is 10.9. The normalized spacial score (nSPS) is 12.6. The monoisotopic (exact) mass is 489 g/mol. The van der Waals surface area contributed by atoms with E-state index in [2.05, 4.69) is 10.2 Å². The van der Waals surface area contributed by atoms with Crippen LogP contribution in [0.15, 0.2) is 36.4 Å². The number of alkyl halides is 3. The number of unbranched alkanes of at least 4 members (excludes halogenated alkanes) is 1. The van der Waals surface area contributed by atoms with Crippen molar-refractivity contribution in [3.8, 4) is 22.1 Å². The van der Waals surface area contributed by atoms with Crippen LogP contribution in [-0.4, -0.2) is 35.1 Å². The first-order valence-corrected chi connectivity index (χ1v) is 10.6. The van der Waals surface area contributed by atoms with E-state index in [1.165, 1.54) is 12.1 Å². The Balaban J connectivity index is 1.59. The van der Waals surface area contributed by atoms with Crippen molar-refractivity contribution >= 4 is 11.3 Å². The van der Waals surface area contributed by atoms with Crippen molar-refractivity contribution < 1.29 is 36.5 Å². The summed E-state index contributed by atoms with van der Waals surface area (Å²) in [7, 11) is 0. The van der Waals surface area contributed by atoms with Crippen LogP contribution in [0.4, 0.5) is 22.0 Å². The number of halogens is 5. The van der Waals surface area contributed by atoms with Gasteiger partial charge < -0.3 is 20.3 Å². The molecule has 0 spiro atoms. The van der Waals surface area contributed by atoms with Crippen LogP contribution in [0.2, 0.25) is 0 Å². The van der Waals surface area contributed by atoms with Gasteiger partial charge in [-0.1, -0.05) is 11.3 Å². The molecule has 178 valence electrons. The first-order chi connectivity index (χ1) is 15.7. The van der Waals surface area contributed by atoms with Crippen LogP contribution >= 0.6 is 11.3 Å². The van der Waals surface area contributed by atoms with E-state index in [9.17, 15) is 22.0 Å². The molecule has 33 heavy (non-hydrogen) atoms. The maximum Gasteiger partial charge on any atom is 0.419 e. The first-order valence-electron chi connectivity index (χ1n) is 9.81. The highest BCUT2D eigenvalue weighted by Gasteiger charge is 2.35. The quantitative estimate of drug-likeness (QED) is 0.316. The van der Waals surface area contributed by atoms with Gasteiger partial charge in [-0.05, 0) is 43.2 Å². The van der Waals surface area contributed by atoms with E-state index in [-0.39, 0.29) is 41.9 Å². The van der Waals surface area contributed by atoms with E-state index in [0.717, 1.165) is 35.6 Å².